The van der Waals surface area contributed by atoms with Gasteiger partial charge in [-0.05, 0) is 29.5 Å². The first kappa shape index (κ1) is 67.8. The zero-order valence-electron chi connectivity index (χ0n) is 48.8. The zero-order chi connectivity index (χ0) is 56.3. The minimum Gasteiger partial charge on any atom is -0.462 e. The van der Waals surface area contributed by atoms with E-state index < -0.39 is 58.7 Å². The summed E-state index contributed by atoms with van der Waals surface area (Å²) in [5.41, 5.74) is 2.54. The zero-order valence-corrected chi connectivity index (χ0v) is 49.7. The van der Waals surface area contributed by atoms with Crippen molar-refractivity contribution in [2.24, 2.45) is 0 Å². The van der Waals surface area contributed by atoms with Gasteiger partial charge in [-0.1, -0.05) is 285 Å². The fourth-order valence-corrected chi connectivity index (χ4v) is 11.0. The molecule has 1 heterocycles. The van der Waals surface area contributed by atoms with Gasteiger partial charge in [0.15, 0.2) is 12.4 Å². The van der Waals surface area contributed by atoms with Crippen LogP contribution in [0.1, 0.15) is 236 Å². The van der Waals surface area contributed by atoms with Crippen molar-refractivity contribution in [3.8, 4) is 0 Å². The molecule has 0 spiro atoms. The van der Waals surface area contributed by atoms with Crippen molar-refractivity contribution < 1.29 is 55.7 Å². The predicted molar refractivity (Wildman–Crippen MR) is 316 cm³/mol. The van der Waals surface area contributed by atoms with Crippen LogP contribution in [0.25, 0.3) is 0 Å². The molecule has 1 N–H and O–H groups in total. The van der Waals surface area contributed by atoms with E-state index in [-0.39, 0.29) is 51.8 Å². The van der Waals surface area contributed by atoms with E-state index in [0.717, 1.165) is 55.2 Å². The maximum atomic E-state index is 13.5. The first-order valence-corrected chi connectivity index (χ1v) is 32.8. The van der Waals surface area contributed by atoms with Crippen LogP contribution in [0.3, 0.4) is 0 Å². The molecule has 0 aliphatic carbocycles. The van der Waals surface area contributed by atoms with Crippen molar-refractivity contribution in [1.82, 2.24) is 0 Å². The summed E-state index contributed by atoms with van der Waals surface area (Å²) >= 11 is 0. The second-order valence-corrected chi connectivity index (χ2v) is 23.6. The topological polar surface area (TPSA) is 153 Å². The maximum absolute atomic E-state index is 13.5. The highest BCUT2D eigenvalue weighted by atomic mass is 32.2. The van der Waals surface area contributed by atoms with Gasteiger partial charge in [0.2, 0.25) is 0 Å². The molecular formula is C66H104O12S. The van der Waals surface area contributed by atoms with Gasteiger partial charge in [-0.3, -0.25) is 14.1 Å². The van der Waals surface area contributed by atoms with Gasteiger partial charge in [-0.25, -0.2) is 0 Å². The van der Waals surface area contributed by atoms with Gasteiger partial charge in [0, 0.05) is 12.8 Å². The van der Waals surface area contributed by atoms with Crippen LogP contribution in [0.5, 0.6) is 0 Å². The van der Waals surface area contributed by atoms with Crippen molar-refractivity contribution >= 4 is 22.1 Å². The summed E-state index contributed by atoms with van der Waals surface area (Å²) in [5.74, 6) is -1.62. The van der Waals surface area contributed by atoms with Gasteiger partial charge in [-0.15, -0.1) is 0 Å². The number of hydrogen-bond acceptors (Lipinski definition) is 11. The highest BCUT2D eigenvalue weighted by Crippen LogP contribution is 2.32. The molecule has 3 aromatic rings. The summed E-state index contributed by atoms with van der Waals surface area (Å²) in [4.78, 5) is 26.8. The minimum atomic E-state index is -4.62. The number of carbonyl (C=O) groups excluding carboxylic acids is 2. The Morgan fingerprint density at radius 2 is 0.785 bits per heavy atom. The van der Waals surface area contributed by atoms with Crippen LogP contribution in [0.15, 0.2) is 91.0 Å². The molecule has 1 aliphatic heterocycles. The van der Waals surface area contributed by atoms with Gasteiger partial charge >= 0.3 is 11.9 Å². The summed E-state index contributed by atoms with van der Waals surface area (Å²) in [6.07, 6.45) is 30.4. The third kappa shape index (κ3) is 33.1. The quantitative estimate of drug-likeness (QED) is 0.0325. The SMILES string of the molecule is CCCCCCCCCCCCCCCCCC(=O)OCC(CO[C@@H]1O[C@H](CS(=O)(=O)O)[C@@H](OCc2ccccc2)[C@H](OCc2ccccc2)[C@H]1OCc1ccccc1)OC(=O)CCCCCCCCCCCCCCCCC. The van der Waals surface area contributed by atoms with Crippen molar-refractivity contribution in [3.63, 3.8) is 0 Å². The molecule has 0 saturated carbocycles. The number of hydrogen-bond donors (Lipinski definition) is 1. The average molecular weight is 1120 g/mol. The summed E-state index contributed by atoms with van der Waals surface area (Å²) in [6.45, 7) is 4.32. The third-order valence-electron chi connectivity index (χ3n) is 15.0. The van der Waals surface area contributed by atoms with Crippen LogP contribution in [0.4, 0.5) is 0 Å². The molecule has 0 aromatic heterocycles. The number of benzene rings is 3. The Morgan fingerprint density at radius 3 is 1.16 bits per heavy atom. The highest BCUT2D eigenvalue weighted by Gasteiger charge is 2.50. The molecule has 1 unspecified atom stereocenters. The van der Waals surface area contributed by atoms with Crippen LogP contribution in [-0.4, -0.2) is 80.7 Å². The fraction of sp³-hybridized carbons (Fsp3) is 0.697. The number of rotatable bonds is 49. The molecule has 79 heavy (non-hydrogen) atoms. The van der Waals surface area contributed by atoms with E-state index in [0.29, 0.717) is 12.8 Å². The monoisotopic (exact) mass is 1120 g/mol. The maximum Gasteiger partial charge on any atom is 0.306 e. The fourth-order valence-electron chi connectivity index (χ4n) is 10.3. The van der Waals surface area contributed by atoms with E-state index in [2.05, 4.69) is 13.8 Å². The highest BCUT2D eigenvalue weighted by molar-refractivity contribution is 7.85. The van der Waals surface area contributed by atoms with Gasteiger partial charge in [-0.2, -0.15) is 8.42 Å². The first-order valence-electron chi connectivity index (χ1n) is 31.2. The minimum absolute atomic E-state index is 0.0844. The number of ether oxygens (including phenoxy) is 7. The molecule has 4 rings (SSSR count). The largest absolute Gasteiger partial charge is 0.462 e. The number of unbranched alkanes of at least 4 members (excludes halogenated alkanes) is 28. The summed E-state index contributed by atoms with van der Waals surface area (Å²) in [7, 11) is -4.62. The Labute approximate surface area is 478 Å². The van der Waals surface area contributed by atoms with Gasteiger partial charge in [0.05, 0.1) is 26.4 Å². The van der Waals surface area contributed by atoms with E-state index in [1.807, 2.05) is 91.0 Å². The van der Waals surface area contributed by atoms with E-state index >= 15 is 0 Å². The van der Waals surface area contributed by atoms with Crippen molar-refractivity contribution in [2.75, 3.05) is 19.0 Å². The average Bonchev–Trinajstić information content (AvgIpc) is 3.48. The van der Waals surface area contributed by atoms with Crippen molar-refractivity contribution in [2.45, 2.75) is 276 Å². The molecule has 6 atom stereocenters. The molecule has 1 saturated heterocycles. The van der Waals surface area contributed by atoms with E-state index in [9.17, 15) is 22.6 Å². The molecule has 1 aliphatic rings. The normalized spacial score (nSPS) is 17.9. The Bertz CT molecular complexity index is 2040. The Hall–Kier alpha value is -3.69. The lowest BCUT2D eigenvalue weighted by Gasteiger charge is -2.45. The molecule has 12 nitrogen and oxygen atoms in total. The molecule has 1 fully saturated rings. The number of esters is 2. The molecule has 13 heteroatoms. The van der Waals surface area contributed by atoms with Crippen LogP contribution >= 0.6 is 0 Å². The molecule has 0 bridgehead atoms. The Morgan fingerprint density at radius 1 is 0.443 bits per heavy atom. The molecule has 446 valence electrons. The molecule has 0 radical (unpaired) electrons. The van der Waals surface area contributed by atoms with Crippen molar-refractivity contribution in [3.05, 3.63) is 108 Å². The van der Waals surface area contributed by atoms with E-state index in [1.165, 1.54) is 141 Å². The smallest absolute Gasteiger partial charge is 0.306 e. The van der Waals surface area contributed by atoms with Crippen LogP contribution in [0, 0.1) is 0 Å². The second-order valence-electron chi connectivity index (χ2n) is 22.1. The van der Waals surface area contributed by atoms with E-state index in [1.54, 1.807) is 0 Å². The van der Waals surface area contributed by atoms with E-state index in [4.69, 9.17) is 33.2 Å². The third-order valence-corrected chi connectivity index (χ3v) is 15.7. The standard InChI is InChI=1S/C66H104O12S/c1-3-5-7-9-11-13-15-17-19-21-23-25-27-29-40-48-61(67)72-53-59(77-62(68)49-41-30-28-26-24-22-20-18-16-14-12-10-8-6-4-2)54-76-66-65(75-52-58-46-38-33-39-47-58)64(74-51-57-44-36-32-37-45-57)63(60(78-66)55-79(69,70)71)73-50-56-42-34-31-35-43-56/h31-39,42-47,59-60,63-66H,3-30,40-41,48-55H2,1-2H3,(H,69,70,71)/t59?,60-,63-,64+,65-,66-/m1/s1. The lowest BCUT2D eigenvalue weighted by atomic mass is 9.98. The Balaban J connectivity index is 1.39. The summed E-state index contributed by atoms with van der Waals surface area (Å²) in [6, 6.07) is 28.6. The van der Waals surface area contributed by atoms with Gasteiger partial charge < -0.3 is 33.2 Å². The summed E-state index contributed by atoms with van der Waals surface area (Å²) in [5, 5.41) is 0. The number of carbonyl (C=O) groups is 2. The molecule has 0 amide bonds. The first-order chi connectivity index (χ1) is 38.6. The van der Waals surface area contributed by atoms with Crippen LogP contribution in [0.2, 0.25) is 0 Å². The molecular weight excluding hydrogens is 1020 g/mol. The molecule has 3 aromatic carbocycles. The van der Waals surface area contributed by atoms with Crippen molar-refractivity contribution in [1.29, 1.82) is 0 Å². The van der Waals surface area contributed by atoms with Crippen LogP contribution < -0.4 is 0 Å². The Kier molecular flexibility index (Phi) is 37.7. The van der Waals surface area contributed by atoms with Crippen LogP contribution in [-0.2, 0) is 72.7 Å². The van der Waals surface area contributed by atoms with Gasteiger partial charge in [0.25, 0.3) is 10.1 Å². The predicted octanol–water partition coefficient (Wildman–Crippen LogP) is 16.3. The summed E-state index contributed by atoms with van der Waals surface area (Å²) < 4.78 is 80.4. The lowest BCUT2D eigenvalue weighted by Crippen LogP contribution is -2.62. The van der Waals surface area contributed by atoms with Gasteiger partial charge in [0.1, 0.15) is 36.8 Å². The lowest BCUT2D eigenvalue weighted by molar-refractivity contribution is -0.322. The second kappa shape index (κ2) is 44.0.